The van der Waals surface area contributed by atoms with Crippen molar-refractivity contribution < 1.29 is 19.0 Å². The van der Waals surface area contributed by atoms with Gasteiger partial charge in [0, 0.05) is 20.1 Å². The summed E-state index contributed by atoms with van der Waals surface area (Å²) < 4.78 is 15.0. The molecule has 0 unspecified atom stereocenters. The molecule has 1 aliphatic carbocycles. The van der Waals surface area contributed by atoms with Crippen LogP contribution in [-0.2, 0) is 19.0 Å². The Balaban J connectivity index is 2.32. The molecule has 0 saturated heterocycles. The number of ether oxygens (including phenoxy) is 3. The SMILES string of the molecule is CCOC(=O)[C@@H]1C[C@H]1C(OC)OC. The molecule has 76 valence electrons. The quantitative estimate of drug-likeness (QED) is 0.473. The monoisotopic (exact) mass is 188 g/mol. The van der Waals surface area contributed by atoms with Gasteiger partial charge in [-0.05, 0) is 13.3 Å². The molecule has 0 aromatic rings. The van der Waals surface area contributed by atoms with Crippen LogP contribution in [-0.4, -0.2) is 33.1 Å². The van der Waals surface area contributed by atoms with Gasteiger partial charge >= 0.3 is 5.97 Å². The topological polar surface area (TPSA) is 44.8 Å². The van der Waals surface area contributed by atoms with Gasteiger partial charge < -0.3 is 14.2 Å². The van der Waals surface area contributed by atoms with Gasteiger partial charge in [-0.1, -0.05) is 0 Å². The van der Waals surface area contributed by atoms with Crippen LogP contribution >= 0.6 is 0 Å². The van der Waals surface area contributed by atoms with Crippen molar-refractivity contribution >= 4 is 5.97 Å². The van der Waals surface area contributed by atoms with Crippen molar-refractivity contribution in [1.82, 2.24) is 0 Å². The van der Waals surface area contributed by atoms with E-state index >= 15 is 0 Å². The van der Waals surface area contributed by atoms with E-state index < -0.39 is 0 Å². The minimum Gasteiger partial charge on any atom is -0.466 e. The molecule has 4 nitrogen and oxygen atoms in total. The van der Waals surface area contributed by atoms with Crippen LogP contribution in [0.25, 0.3) is 0 Å². The second-order valence-corrected chi connectivity index (χ2v) is 3.10. The fourth-order valence-corrected chi connectivity index (χ4v) is 1.48. The molecular weight excluding hydrogens is 172 g/mol. The molecule has 0 heterocycles. The molecule has 0 aromatic heterocycles. The highest BCUT2D eigenvalue weighted by atomic mass is 16.7. The van der Waals surface area contributed by atoms with Crippen LogP contribution in [0.15, 0.2) is 0 Å². The Kier molecular flexibility index (Phi) is 3.69. The van der Waals surface area contributed by atoms with Crippen LogP contribution in [0.1, 0.15) is 13.3 Å². The lowest BCUT2D eigenvalue weighted by Gasteiger charge is -2.12. The van der Waals surface area contributed by atoms with Crippen molar-refractivity contribution in [3.63, 3.8) is 0 Å². The zero-order valence-electron chi connectivity index (χ0n) is 8.28. The smallest absolute Gasteiger partial charge is 0.309 e. The van der Waals surface area contributed by atoms with E-state index in [-0.39, 0.29) is 24.1 Å². The molecule has 0 radical (unpaired) electrons. The van der Waals surface area contributed by atoms with Gasteiger partial charge in [-0.2, -0.15) is 0 Å². The lowest BCUT2D eigenvalue weighted by Crippen LogP contribution is -2.19. The zero-order valence-corrected chi connectivity index (χ0v) is 8.28. The van der Waals surface area contributed by atoms with Crippen molar-refractivity contribution in [2.24, 2.45) is 11.8 Å². The summed E-state index contributed by atoms with van der Waals surface area (Å²) in [7, 11) is 3.16. The minimum atomic E-state index is -0.269. The number of esters is 1. The van der Waals surface area contributed by atoms with Crippen molar-refractivity contribution in [1.29, 1.82) is 0 Å². The van der Waals surface area contributed by atoms with Crippen LogP contribution in [0.3, 0.4) is 0 Å². The molecule has 1 rings (SSSR count). The first kappa shape index (κ1) is 10.5. The molecule has 0 aliphatic heterocycles. The van der Waals surface area contributed by atoms with Crippen LogP contribution in [0.4, 0.5) is 0 Å². The third kappa shape index (κ3) is 2.42. The molecule has 4 heteroatoms. The summed E-state index contributed by atoms with van der Waals surface area (Å²) in [4.78, 5) is 11.2. The Morgan fingerprint density at radius 2 is 2.08 bits per heavy atom. The van der Waals surface area contributed by atoms with E-state index in [0.717, 1.165) is 6.42 Å². The third-order valence-electron chi connectivity index (χ3n) is 2.24. The Hall–Kier alpha value is -0.610. The van der Waals surface area contributed by atoms with E-state index in [1.165, 1.54) is 0 Å². The normalized spacial score (nSPS) is 26.2. The average Bonchev–Trinajstić information content (AvgIpc) is 2.87. The number of rotatable bonds is 5. The Morgan fingerprint density at radius 1 is 1.46 bits per heavy atom. The predicted octanol–water partition coefficient (Wildman–Crippen LogP) is 0.804. The molecule has 0 spiro atoms. The summed E-state index contributed by atoms with van der Waals surface area (Å²) in [5, 5.41) is 0. The maximum absolute atomic E-state index is 11.2. The van der Waals surface area contributed by atoms with Gasteiger partial charge in [-0.3, -0.25) is 4.79 Å². The second-order valence-electron chi connectivity index (χ2n) is 3.10. The fourth-order valence-electron chi connectivity index (χ4n) is 1.48. The van der Waals surface area contributed by atoms with Crippen LogP contribution in [0, 0.1) is 11.8 Å². The summed E-state index contributed by atoms with van der Waals surface area (Å²) >= 11 is 0. The van der Waals surface area contributed by atoms with Crippen molar-refractivity contribution in [3.8, 4) is 0 Å². The Bertz CT molecular complexity index is 176. The minimum absolute atomic E-state index is 0.0233. The molecule has 0 bridgehead atoms. The van der Waals surface area contributed by atoms with Gasteiger partial charge in [0.2, 0.25) is 0 Å². The lowest BCUT2D eigenvalue weighted by molar-refractivity contribution is -0.150. The van der Waals surface area contributed by atoms with Gasteiger partial charge in [-0.15, -0.1) is 0 Å². The largest absolute Gasteiger partial charge is 0.466 e. The first-order valence-electron chi connectivity index (χ1n) is 4.46. The van der Waals surface area contributed by atoms with Crippen molar-refractivity contribution in [2.45, 2.75) is 19.6 Å². The molecule has 1 fully saturated rings. The van der Waals surface area contributed by atoms with E-state index in [0.29, 0.717) is 6.61 Å². The van der Waals surface area contributed by atoms with Crippen molar-refractivity contribution in [2.75, 3.05) is 20.8 Å². The van der Waals surface area contributed by atoms with Crippen LogP contribution < -0.4 is 0 Å². The van der Waals surface area contributed by atoms with E-state index in [9.17, 15) is 4.79 Å². The number of hydrogen-bond acceptors (Lipinski definition) is 4. The zero-order chi connectivity index (χ0) is 9.84. The number of methoxy groups -OCH3 is 2. The van der Waals surface area contributed by atoms with Gasteiger partial charge in [-0.25, -0.2) is 0 Å². The third-order valence-corrected chi connectivity index (χ3v) is 2.24. The maximum Gasteiger partial charge on any atom is 0.309 e. The molecule has 1 aliphatic rings. The molecule has 1 saturated carbocycles. The maximum atomic E-state index is 11.2. The standard InChI is InChI=1S/C9H16O4/c1-4-13-8(10)6-5-7(6)9(11-2)12-3/h6-7,9H,4-5H2,1-3H3/t6-,7-/m1/s1. The van der Waals surface area contributed by atoms with E-state index in [1.54, 1.807) is 21.1 Å². The summed E-state index contributed by atoms with van der Waals surface area (Å²) in [5.74, 6) is 0.0190. The highest BCUT2D eigenvalue weighted by Gasteiger charge is 2.49. The molecule has 0 aromatic carbocycles. The van der Waals surface area contributed by atoms with E-state index in [2.05, 4.69) is 0 Å². The molecule has 0 amide bonds. The second kappa shape index (κ2) is 4.58. The van der Waals surface area contributed by atoms with E-state index in [4.69, 9.17) is 14.2 Å². The Labute approximate surface area is 78.2 Å². The fraction of sp³-hybridized carbons (Fsp3) is 0.889. The van der Waals surface area contributed by atoms with Crippen molar-refractivity contribution in [3.05, 3.63) is 0 Å². The van der Waals surface area contributed by atoms with E-state index in [1.807, 2.05) is 0 Å². The van der Waals surface area contributed by atoms with Gasteiger partial charge in [0.15, 0.2) is 6.29 Å². The van der Waals surface area contributed by atoms with Gasteiger partial charge in [0.25, 0.3) is 0 Å². The summed E-state index contributed by atoms with van der Waals surface area (Å²) in [6, 6.07) is 0. The first-order chi connectivity index (χ1) is 6.24. The van der Waals surface area contributed by atoms with Gasteiger partial charge in [0.1, 0.15) is 0 Å². The number of hydrogen-bond donors (Lipinski definition) is 0. The van der Waals surface area contributed by atoms with Crippen LogP contribution in [0.2, 0.25) is 0 Å². The summed E-state index contributed by atoms with van der Waals surface area (Å²) in [5.41, 5.74) is 0. The predicted molar refractivity (Wildman–Crippen MR) is 46.0 cm³/mol. The summed E-state index contributed by atoms with van der Waals surface area (Å²) in [6.45, 7) is 2.24. The molecule has 0 N–H and O–H groups in total. The highest BCUT2D eigenvalue weighted by Crippen LogP contribution is 2.43. The number of carbonyl (C=O) groups is 1. The lowest BCUT2D eigenvalue weighted by atomic mass is 10.3. The highest BCUT2D eigenvalue weighted by molar-refractivity contribution is 5.75. The molecule has 13 heavy (non-hydrogen) atoms. The number of carbonyl (C=O) groups excluding carboxylic acids is 1. The summed E-state index contributed by atoms with van der Waals surface area (Å²) in [6.07, 6.45) is 0.542. The van der Waals surface area contributed by atoms with Crippen LogP contribution in [0.5, 0.6) is 0 Å². The first-order valence-corrected chi connectivity index (χ1v) is 4.46. The van der Waals surface area contributed by atoms with Gasteiger partial charge in [0.05, 0.1) is 12.5 Å². The average molecular weight is 188 g/mol. The molecule has 2 atom stereocenters. The Morgan fingerprint density at radius 3 is 2.54 bits per heavy atom. The molecular formula is C9H16O4.